The summed E-state index contributed by atoms with van der Waals surface area (Å²) in [7, 11) is -0.976. The number of hydrogen-bond donors (Lipinski definition) is 0. The van der Waals surface area contributed by atoms with E-state index in [4.69, 9.17) is 0 Å². The predicted octanol–water partition coefficient (Wildman–Crippen LogP) is 5.53. The predicted molar refractivity (Wildman–Crippen MR) is 75.7 cm³/mol. The van der Waals surface area contributed by atoms with Crippen LogP contribution in [0.15, 0.2) is 12.7 Å². The first-order chi connectivity index (χ1) is 7.77. The Morgan fingerprint density at radius 1 is 1.00 bits per heavy atom. The molecule has 1 heteroatoms. The maximum atomic E-state index is 3.94. The van der Waals surface area contributed by atoms with E-state index in [1.54, 1.807) is 25.7 Å². The van der Waals surface area contributed by atoms with Crippen LogP contribution in [0.25, 0.3) is 0 Å². The Morgan fingerprint density at radius 3 is 1.81 bits per heavy atom. The van der Waals surface area contributed by atoms with Crippen molar-refractivity contribution in [3.63, 3.8) is 0 Å². The molecule has 0 unspecified atom stereocenters. The fourth-order valence-corrected chi connectivity index (χ4v) is 10.1. The second-order valence-corrected chi connectivity index (χ2v) is 11.4. The standard InChI is InChI=1S/C15H28Si/c1-3-4-13-16(2,14-9-5-6-10-14)15-11-7-8-12-15/h3,14-15H,1,4-13H2,2H3. The van der Waals surface area contributed by atoms with Gasteiger partial charge in [-0.05, 0) is 17.5 Å². The van der Waals surface area contributed by atoms with E-state index in [-0.39, 0.29) is 0 Å². The van der Waals surface area contributed by atoms with Crippen molar-refractivity contribution in [1.82, 2.24) is 0 Å². The van der Waals surface area contributed by atoms with Gasteiger partial charge in [0.2, 0.25) is 0 Å². The third-order valence-electron chi connectivity index (χ3n) is 5.46. The van der Waals surface area contributed by atoms with Gasteiger partial charge in [0.15, 0.2) is 0 Å². The van der Waals surface area contributed by atoms with E-state index in [0.717, 1.165) is 11.1 Å². The van der Waals surface area contributed by atoms with E-state index in [1.807, 2.05) is 0 Å². The van der Waals surface area contributed by atoms with Crippen molar-refractivity contribution < 1.29 is 0 Å². The van der Waals surface area contributed by atoms with E-state index >= 15 is 0 Å². The Balaban J connectivity index is 2.06. The van der Waals surface area contributed by atoms with Gasteiger partial charge >= 0.3 is 0 Å². The number of allylic oxidation sites excluding steroid dienone is 1. The zero-order chi connectivity index (χ0) is 11.4. The van der Waals surface area contributed by atoms with Crippen LogP contribution in [0.3, 0.4) is 0 Å². The molecule has 92 valence electrons. The van der Waals surface area contributed by atoms with Gasteiger partial charge in [-0.1, -0.05) is 70.0 Å². The van der Waals surface area contributed by atoms with Gasteiger partial charge < -0.3 is 0 Å². The van der Waals surface area contributed by atoms with Crippen LogP contribution in [0.5, 0.6) is 0 Å². The minimum Gasteiger partial charge on any atom is -0.103 e. The third-order valence-corrected chi connectivity index (χ3v) is 11.7. The minimum absolute atomic E-state index is 0.976. The summed E-state index contributed by atoms with van der Waals surface area (Å²) in [6.45, 7) is 6.68. The van der Waals surface area contributed by atoms with Crippen LogP contribution >= 0.6 is 0 Å². The van der Waals surface area contributed by atoms with Crippen molar-refractivity contribution >= 4 is 8.07 Å². The topological polar surface area (TPSA) is 0 Å². The van der Waals surface area contributed by atoms with Crippen molar-refractivity contribution in [1.29, 1.82) is 0 Å². The van der Waals surface area contributed by atoms with Crippen molar-refractivity contribution in [2.24, 2.45) is 0 Å². The molecule has 0 bridgehead atoms. The normalized spacial score (nSPS) is 24.1. The quantitative estimate of drug-likeness (QED) is 0.435. The van der Waals surface area contributed by atoms with Crippen molar-refractivity contribution in [2.75, 3.05) is 0 Å². The molecule has 0 amide bonds. The fraction of sp³-hybridized carbons (Fsp3) is 0.867. The Morgan fingerprint density at radius 2 is 1.44 bits per heavy atom. The summed E-state index contributed by atoms with van der Waals surface area (Å²) in [4.78, 5) is 0. The molecule has 0 atom stereocenters. The lowest BCUT2D eigenvalue weighted by Crippen LogP contribution is -2.39. The first-order valence-electron chi connectivity index (χ1n) is 7.38. The molecular weight excluding hydrogens is 208 g/mol. The first-order valence-corrected chi connectivity index (χ1v) is 10.2. The Bertz CT molecular complexity index is 206. The summed E-state index contributed by atoms with van der Waals surface area (Å²) >= 11 is 0. The van der Waals surface area contributed by atoms with E-state index in [1.165, 1.54) is 38.1 Å². The molecule has 0 heterocycles. The molecule has 0 aromatic heterocycles. The van der Waals surface area contributed by atoms with E-state index in [9.17, 15) is 0 Å². The molecular formula is C15H28Si. The highest BCUT2D eigenvalue weighted by Gasteiger charge is 2.44. The van der Waals surface area contributed by atoms with Crippen LogP contribution in [0.4, 0.5) is 0 Å². The highest BCUT2D eigenvalue weighted by Crippen LogP contribution is 2.52. The molecule has 2 saturated carbocycles. The Kier molecular flexibility index (Phi) is 4.29. The Hall–Kier alpha value is -0.0431. The molecule has 0 aliphatic heterocycles. The minimum atomic E-state index is -0.976. The lowest BCUT2D eigenvalue weighted by atomic mass is 10.3. The van der Waals surface area contributed by atoms with Crippen LogP contribution in [-0.4, -0.2) is 8.07 Å². The first kappa shape index (κ1) is 12.4. The molecule has 2 aliphatic carbocycles. The monoisotopic (exact) mass is 236 g/mol. The van der Waals surface area contributed by atoms with Crippen LogP contribution in [-0.2, 0) is 0 Å². The van der Waals surface area contributed by atoms with Crippen molar-refractivity contribution in [3.05, 3.63) is 12.7 Å². The van der Waals surface area contributed by atoms with Crippen molar-refractivity contribution in [3.8, 4) is 0 Å². The zero-order valence-corrected chi connectivity index (χ0v) is 12.0. The van der Waals surface area contributed by atoms with Crippen LogP contribution in [0.1, 0.15) is 57.8 Å². The molecule has 0 aromatic carbocycles. The highest BCUT2D eigenvalue weighted by molar-refractivity contribution is 6.81. The second kappa shape index (κ2) is 5.53. The van der Waals surface area contributed by atoms with Gasteiger partial charge in [0.1, 0.15) is 0 Å². The second-order valence-electron chi connectivity index (χ2n) is 6.30. The number of rotatable bonds is 5. The molecule has 0 radical (unpaired) electrons. The molecule has 16 heavy (non-hydrogen) atoms. The van der Waals surface area contributed by atoms with Crippen molar-refractivity contribution in [2.45, 2.75) is 81.5 Å². The summed E-state index contributed by atoms with van der Waals surface area (Å²) in [5, 5.41) is 0. The largest absolute Gasteiger partial charge is 0.103 e. The van der Waals surface area contributed by atoms with E-state index < -0.39 is 8.07 Å². The molecule has 2 rings (SSSR count). The zero-order valence-electron chi connectivity index (χ0n) is 11.0. The van der Waals surface area contributed by atoms with Crippen LogP contribution in [0, 0.1) is 0 Å². The third kappa shape index (κ3) is 2.44. The Labute approximate surface area is 103 Å². The molecule has 0 nitrogen and oxygen atoms in total. The molecule has 0 N–H and O–H groups in total. The van der Waals surface area contributed by atoms with Crippen LogP contribution < -0.4 is 0 Å². The SMILES string of the molecule is C=CCC[Si](C)(C1CCCC1)C1CCCC1. The lowest BCUT2D eigenvalue weighted by molar-refractivity contribution is 0.734. The molecule has 2 aliphatic rings. The summed E-state index contributed by atoms with van der Waals surface area (Å²) in [5.41, 5.74) is 2.33. The van der Waals surface area contributed by atoms with Gasteiger partial charge in [-0.25, -0.2) is 0 Å². The maximum absolute atomic E-state index is 3.94. The summed E-state index contributed by atoms with van der Waals surface area (Å²) in [6, 6.07) is 1.53. The lowest BCUT2D eigenvalue weighted by Gasteiger charge is -2.39. The molecule has 0 spiro atoms. The number of hydrogen-bond acceptors (Lipinski definition) is 0. The smallest absolute Gasteiger partial charge is 0.0570 e. The summed E-state index contributed by atoms with van der Waals surface area (Å²) in [6.07, 6.45) is 15.8. The average molecular weight is 236 g/mol. The van der Waals surface area contributed by atoms with Gasteiger partial charge in [-0.15, -0.1) is 6.58 Å². The summed E-state index contributed by atoms with van der Waals surface area (Å²) < 4.78 is 0. The average Bonchev–Trinajstić information content (AvgIpc) is 2.96. The van der Waals surface area contributed by atoms with E-state index in [0.29, 0.717) is 0 Å². The molecule has 0 saturated heterocycles. The van der Waals surface area contributed by atoms with Gasteiger partial charge in [0.25, 0.3) is 0 Å². The van der Waals surface area contributed by atoms with Gasteiger partial charge in [-0.2, -0.15) is 0 Å². The maximum Gasteiger partial charge on any atom is 0.0570 e. The van der Waals surface area contributed by atoms with Gasteiger partial charge in [0.05, 0.1) is 8.07 Å². The van der Waals surface area contributed by atoms with Gasteiger partial charge in [0, 0.05) is 0 Å². The summed E-state index contributed by atoms with van der Waals surface area (Å²) in [5.74, 6) is 0. The molecule has 0 aromatic rings. The fourth-order valence-electron chi connectivity index (χ4n) is 4.33. The van der Waals surface area contributed by atoms with E-state index in [2.05, 4.69) is 19.2 Å². The van der Waals surface area contributed by atoms with Crippen LogP contribution in [0.2, 0.25) is 23.7 Å². The highest BCUT2D eigenvalue weighted by atomic mass is 28.3. The van der Waals surface area contributed by atoms with Gasteiger partial charge in [-0.3, -0.25) is 0 Å². The molecule has 2 fully saturated rings.